The Hall–Kier alpha value is -1.44. The van der Waals surface area contributed by atoms with Crippen molar-refractivity contribution in [3.8, 4) is 0 Å². The number of nitrogens with one attached hydrogen (secondary N) is 1. The molecule has 12 heteroatoms. The quantitative estimate of drug-likeness (QED) is 0.201. The number of hydrogen-bond donors (Lipinski definition) is 3. The van der Waals surface area contributed by atoms with Gasteiger partial charge in [-0.2, -0.15) is 5.48 Å². The van der Waals surface area contributed by atoms with Crippen molar-refractivity contribution in [1.29, 1.82) is 0 Å². The Morgan fingerprint density at radius 1 is 1.58 bits per heavy atom. The lowest BCUT2D eigenvalue weighted by Gasteiger charge is -2.31. The molecule has 0 radical (unpaired) electrons. The van der Waals surface area contributed by atoms with Crippen LogP contribution in [0.4, 0.5) is 4.39 Å². The second-order valence-electron chi connectivity index (χ2n) is 6.80. The number of hydroxylamine groups is 1. The number of hydrogen-bond acceptors (Lipinski definition) is 10. The summed E-state index contributed by atoms with van der Waals surface area (Å²) in [5, 5.41) is 4.32. The van der Waals surface area contributed by atoms with Crippen molar-refractivity contribution in [3.63, 3.8) is 0 Å². The van der Waals surface area contributed by atoms with Gasteiger partial charge in [-0.15, -0.1) is 11.3 Å². The van der Waals surface area contributed by atoms with E-state index in [-0.39, 0.29) is 18.8 Å². The molecular formula is C19H25ClFN5O3S2. The highest BCUT2D eigenvalue weighted by Crippen LogP contribution is 2.33. The minimum atomic E-state index is -0.602. The molecule has 1 aromatic heterocycles. The zero-order valence-electron chi connectivity index (χ0n) is 17.0. The fourth-order valence-corrected chi connectivity index (χ4v) is 4.82. The topological polar surface area (TPSA) is 108 Å². The highest BCUT2D eigenvalue weighted by Gasteiger charge is 2.33. The Labute approximate surface area is 193 Å². The van der Waals surface area contributed by atoms with Crippen LogP contribution in [0.1, 0.15) is 11.9 Å². The minimum absolute atomic E-state index is 0.181. The molecule has 4 atom stereocenters. The van der Waals surface area contributed by atoms with Crippen LogP contribution in [0.2, 0.25) is 5.02 Å². The molecule has 0 amide bonds. The SMILES string of the molecule is CO[C@@H](CN(N)/C=C(\N)c1nccs1)C(OC1CNOC1C)Sc1cc(Cl)ccc1F. The maximum Gasteiger partial charge on any atom is 0.140 e. The summed E-state index contributed by atoms with van der Waals surface area (Å²) in [7, 11) is 1.55. The summed E-state index contributed by atoms with van der Waals surface area (Å²) in [6, 6.07) is 4.37. The largest absolute Gasteiger partial charge is 0.395 e. The first-order valence-electron chi connectivity index (χ1n) is 9.44. The number of halogens is 2. The number of nitrogens with two attached hydrogens (primary N) is 2. The summed E-state index contributed by atoms with van der Waals surface area (Å²) in [4.78, 5) is 9.87. The molecule has 2 aromatic rings. The number of hydrazine groups is 1. The maximum atomic E-state index is 14.4. The first-order chi connectivity index (χ1) is 14.9. The predicted octanol–water partition coefficient (Wildman–Crippen LogP) is 2.81. The van der Waals surface area contributed by atoms with Gasteiger partial charge in [-0.05, 0) is 25.1 Å². The number of thioether (sulfide) groups is 1. The van der Waals surface area contributed by atoms with Crippen molar-refractivity contribution in [2.24, 2.45) is 11.6 Å². The Morgan fingerprint density at radius 2 is 2.39 bits per heavy atom. The number of aromatic nitrogens is 1. The Morgan fingerprint density at radius 3 is 3.03 bits per heavy atom. The molecule has 2 heterocycles. The van der Waals surface area contributed by atoms with Gasteiger partial charge in [-0.1, -0.05) is 23.4 Å². The van der Waals surface area contributed by atoms with Crippen molar-refractivity contribution in [1.82, 2.24) is 15.5 Å². The van der Waals surface area contributed by atoms with Gasteiger partial charge in [0.25, 0.3) is 0 Å². The number of benzene rings is 1. The van der Waals surface area contributed by atoms with E-state index in [0.29, 0.717) is 27.2 Å². The molecule has 31 heavy (non-hydrogen) atoms. The van der Waals surface area contributed by atoms with Crippen LogP contribution in [0.3, 0.4) is 0 Å². The van der Waals surface area contributed by atoms with E-state index in [0.717, 1.165) is 0 Å². The molecule has 1 saturated heterocycles. The van der Waals surface area contributed by atoms with Crippen molar-refractivity contribution in [2.45, 2.75) is 35.6 Å². The van der Waals surface area contributed by atoms with E-state index >= 15 is 0 Å². The average molecular weight is 490 g/mol. The lowest BCUT2D eigenvalue weighted by molar-refractivity contribution is -0.0724. The first-order valence-corrected chi connectivity index (χ1v) is 11.6. The van der Waals surface area contributed by atoms with Crippen molar-refractivity contribution < 1.29 is 18.7 Å². The Bertz CT molecular complexity index is 876. The lowest BCUT2D eigenvalue weighted by Crippen LogP contribution is -2.44. The van der Waals surface area contributed by atoms with E-state index in [1.807, 2.05) is 12.3 Å². The number of rotatable bonds is 10. The van der Waals surface area contributed by atoms with Gasteiger partial charge in [0.05, 0.1) is 18.8 Å². The smallest absolute Gasteiger partial charge is 0.140 e. The summed E-state index contributed by atoms with van der Waals surface area (Å²) in [5.41, 5.74) is 8.71. The van der Waals surface area contributed by atoms with Crippen LogP contribution in [-0.2, 0) is 14.3 Å². The Balaban J connectivity index is 1.77. The van der Waals surface area contributed by atoms with E-state index in [1.54, 1.807) is 25.6 Å². The van der Waals surface area contributed by atoms with Crippen LogP contribution in [0.25, 0.3) is 5.70 Å². The zero-order valence-corrected chi connectivity index (χ0v) is 19.4. The van der Waals surface area contributed by atoms with E-state index in [9.17, 15) is 4.39 Å². The molecule has 5 N–H and O–H groups in total. The van der Waals surface area contributed by atoms with Crippen LogP contribution >= 0.6 is 34.7 Å². The number of nitrogens with zero attached hydrogens (tertiary/aromatic N) is 2. The summed E-state index contributed by atoms with van der Waals surface area (Å²) in [5.74, 6) is 5.76. The normalized spacial score (nSPS) is 21.3. The van der Waals surface area contributed by atoms with Gasteiger partial charge in [0, 0.05) is 34.8 Å². The zero-order chi connectivity index (χ0) is 22.4. The van der Waals surface area contributed by atoms with Gasteiger partial charge in [-0.3, -0.25) is 4.84 Å². The summed E-state index contributed by atoms with van der Waals surface area (Å²) in [6.45, 7) is 2.62. The van der Waals surface area contributed by atoms with Crippen LogP contribution < -0.4 is 17.1 Å². The van der Waals surface area contributed by atoms with Crippen LogP contribution in [0, 0.1) is 5.82 Å². The van der Waals surface area contributed by atoms with E-state index in [4.69, 9.17) is 37.5 Å². The highest BCUT2D eigenvalue weighted by molar-refractivity contribution is 7.99. The van der Waals surface area contributed by atoms with Crippen LogP contribution in [0.15, 0.2) is 40.9 Å². The highest BCUT2D eigenvalue weighted by atomic mass is 35.5. The minimum Gasteiger partial charge on any atom is -0.395 e. The number of ether oxygens (including phenoxy) is 2. The third-order valence-electron chi connectivity index (χ3n) is 4.50. The molecule has 3 unspecified atom stereocenters. The van der Waals surface area contributed by atoms with Crippen molar-refractivity contribution in [2.75, 3.05) is 20.2 Å². The van der Waals surface area contributed by atoms with Gasteiger partial charge in [0.2, 0.25) is 0 Å². The number of thiazole rings is 1. The standard InChI is InChI=1S/C19H25ClFN5O3S2/c1-11-15(8-25-29-11)28-19(31-17-7-12(20)3-4-13(17)21)16(27-2)10-26(23)9-14(22)18-24-5-6-30-18/h3-7,9,11,15-16,19,25H,8,10,22-23H2,1-2H3/b14-9-/t11?,15?,16-,19?/m0/s1. The van der Waals surface area contributed by atoms with Gasteiger partial charge >= 0.3 is 0 Å². The van der Waals surface area contributed by atoms with Gasteiger partial charge < -0.3 is 20.2 Å². The van der Waals surface area contributed by atoms with Crippen LogP contribution in [0.5, 0.6) is 0 Å². The molecule has 0 bridgehead atoms. The van der Waals surface area contributed by atoms with Gasteiger partial charge in [-0.25, -0.2) is 15.2 Å². The average Bonchev–Trinajstić information content (AvgIpc) is 3.41. The van der Waals surface area contributed by atoms with Crippen molar-refractivity contribution in [3.05, 3.63) is 51.8 Å². The molecule has 3 rings (SSSR count). The second-order valence-corrected chi connectivity index (χ2v) is 9.27. The fourth-order valence-electron chi connectivity index (χ4n) is 2.85. The third-order valence-corrected chi connectivity index (χ3v) is 6.77. The predicted molar refractivity (Wildman–Crippen MR) is 120 cm³/mol. The summed E-state index contributed by atoms with van der Waals surface area (Å²) >= 11 is 8.64. The number of methoxy groups -OCH3 is 1. The third kappa shape index (κ3) is 6.77. The van der Waals surface area contributed by atoms with Gasteiger partial charge in [0.1, 0.15) is 34.6 Å². The molecule has 8 nitrogen and oxygen atoms in total. The summed E-state index contributed by atoms with van der Waals surface area (Å²) in [6.07, 6.45) is 2.29. The van der Waals surface area contributed by atoms with E-state index < -0.39 is 17.4 Å². The van der Waals surface area contributed by atoms with E-state index in [1.165, 1.54) is 40.2 Å². The monoisotopic (exact) mass is 489 g/mol. The van der Waals surface area contributed by atoms with Crippen molar-refractivity contribution >= 4 is 40.4 Å². The molecule has 1 aliphatic heterocycles. The fraction of sp³-hybridized carbons (Fsp3) is 0.421. The lowest BCUT2D eigenvalue weighted by atomic mass is 10.2. The molecule has 1 aromatic carbocycles. The molecule has 170 valence electrons. The van der Waals surface area contributed by atoms with Crippen LogP contribution in [-0.4, -0.2) is 53.9 Å². The molecule has 1 fully saturated rings. The molecule has 0 saturated carbocycles. The van der Waals surface area contributed by atoms with E-state index in [2.05, 4.69) is 10.5 Å². The molecule has 0 aliphatic carbocycles. The molecular weight excluding hydrogens is 465 g/mol. The second kappa shape index (κ2) is 11.4. The first kappa shape index (κ1) is 24.2. The molecule has 1 aliphatic rings. The Kier molecular flexibility index (Phi) is 8.93. The summed E-state index contributed by atoms with van der Waals surface area (Å²) < 4.78 is 26.3. The maximum absolute atomic E-state index is 14.4. The van der Waals surface area contributed by atoms with Gasteiger partial charge in [0.15, 0.2) is 0 Å². The molecule has 0 spiro atoms.